The highest BCUT2D eigenvalue weighted by Crippen LogP contribution is 2.26. The number of hydrogen-bond donors (Lipinski definition) is 2. The van der Waals surface area contributed by atoms with Crippen LogP contribution in [0.2, 0.25) is 0 Å². The fraction of sp³-hybridized carbons (Fsp3) is 1.00. The van der Waals surface area contributed by atoms with E-state index in [9.17, 15) is 16.8 Å². The second kappa shape index (κ2) is 6.31. The minimum absolute atomic E-state index is 0.00366. The molecule has 0 aliphatic rings. The molecule has 4 unspecified atom stereocenters. The highest BCUT2D eigenvalue weighted by Gasteiger charge is 2.39. The van der Waals surface area contributed by atoms with Gasteiger partial charge in [0.15, 0.2) is 9.84 Å². The van der Waals surface area contributed by atoms with Crippen molar-refractivity contribution in [1.29, 1.82) is 0 Å². The third kappa shape index (κ3) is 4.49. The van der Waals surface area contributed by atoms with E-state index in [-0.39, 0.29) is 19.0 Å². The first-order valence-electron chi connectivity index (χ1n) is 5.74. The first kappa shape index (κ1) is 17.8. The van der Waals surface area contributed by atoms with Crippen LogP contribution in [0.4, 0.5) is 0 Å². The number of rotatable bonds is 7. The summed E-state index contributed by atoms with van der Waals surface area (Å²) in [6.45, 7) is 3.36. The molecule has 0 saturated carbocycles. The topological polar surface area (TPSA) is 120 Å². The van der Waals surface area contributed by atoms with Crippen molar-refractivity contribution >= 4 is 19.7 Å². The average molecular weight is 300 g/mol. The molecule has 6 nitrogen and oxygen atoms in total. The highest BCUT2D eigenvalue weighted by molar-refractivity contribution is 7.92. The van der Waals surface area contributed by atoms with Gasteiger partial charge in [-0.25, -0.2) is 16.8 Å². The molecule has 0 rings (SSSR count). The lowest BCUT2D eigenvalue weighted by Gasteiger charge is -2.32. The highest BCUT2D eigenvalue weighted by atomic mass is 32.2. The molecule has 0 radical (unpaired) electrons. The first-order valence-corrected chi connectivity index (χ1v) is 9.65. The first-order chi connectivity index (χ1) is 7.96. The molecule has 18 heavy (non-hydrogen) atoms. The third-order valence-corrected chi connectivity index (χ3v) is 6.90. The lowest BCUT2D eigenvalue weighted by molar-refractivity contribution is 0.387. The van der Waals surface area contributed by atoms with Gasteiger partial charge in [-0.3, -0.25) is 0 Å². The van der Waals surface area contributed by atoms with E-state index in [2.05, 4.69) is 0 Å². The van der Waals surface area contributed by atoms with Crippen molar-refractivity contribution in [2.45, 2.75) is 24.3 Å². The van der Waals surface area contributed by atoms with Gasteiger partial charge in [0.05, 0.1) is 10.5 Å². The maximum atomic E-state index is 11.9. The Morgan fingerprint density at radius 3 is 1.56 bits per heavy atom. The summed E-state index contributed by atoms with van der Waals surface area (Å²) in [4.78, 5) is 0. The minimum Gasteiger partial charge on any atom is -0.330 e. The monoisotopic (exact) mass is 300 g/mol. The van der Waals surface area contributed by atoms with Crippen LogP contribution in [0.15, 0.2) is 0 Å². The van der Waals surface area contributed by atoms with Crippen LogP contribution in [-0.4, -0.2) is 52.9 Å². The van der Waals surface area contributed by atoms with Crippen LogP contribution >= 0.6 is 0 Å². The molecule has 0 fully saturated rings. The molecule has 0 amide bonds. The van der Waals surface area contributed by atoms with Gasteiger partial charge in [0, 0.05) is 18.4 Å². The second-order valence-corrected chi connectivity index (χ2v) is 9.55. The molecule has 4 N–H and O–H groups in total. The van der Waals surface area contributed by atoms with Gasteiger partial charge in [0.2, 0.25) is 0 Å². The Kier molecular flexibility index (Phi) is 6.25. The van der Waals surface area contributed by atoms with Crippen LogP contribution in [0.25, 0.3) is 0 Å². The van der Waals surface area contributed by atoms with Crippen molar-refractivity contribution in [3.8, 4) is 0 Å². The Balaban J connectivity index is 5.58. The molecule has 0 aliphatic heterocycles. The zero-order chi connectivity index (χ0) is 14.7. The smallest absolute Gasteiger partial charge is 0.150 e. The summed E-state index contributed by atoms with van der Waals surface area (Å²) in [5, 5.41) is -1.64. The molecule has 0 aliphatic carbocycles. The normalized spacial score (nSPS) is 20.1. The van der Waals surface area contributed by atoms with Crippen molar-refractivity contribution in [3.05, 3.63) is 0 Å². The molecule has 110 valence electrons. The van der Waals surface area contributed by atoms with Crippen LogP contribution < -0.4 is 11.5 Å². The molecule has 0 aromatic rings. The minimum atomic E-state index is -3.42. The van der Waals surface area contributed by atoms with E-state index in [0.29, 0.717) is 0 Å². The third-order valence-electron chi connectivity index (χ3n) is 3.40. The Labute approximate surface area is 110 Å². The molecule has 0 saturated heterocycles. The molecule has 0 bridgehead atoms. The average Bonchev–Trinajstić information content (AvgIpc) is 2.20. The van der Waals surface area contributed by atoms with Gasteiger partial charge in [-0.15, -0.1) is 0 Å². The largest absolute Gasteiger partial charge is 0.330 e. The van der Waals surface area contributed by atoms with E-state index in [0.717, 1.165) is 12.5 Å². The van der Waals surface area contributed by atoms with Gasteiger partial charge in [-0.2, -0.15) is 0 Å². The maximum absolute atomic E-state index is 11.9. The van der Waals surface area contributed by atoms with E-state index >= 15 is 0 Å². The standard InChI is InChI=1S/C10H24N2O4S2/c1-7(5-11)10(18(4,15)16)9(6-12)8(2)17(3,13)14/h7-10H,5-6,11-12H2,1-4H3. The molecule has 0 spiro atoms. The van der Waals surface area contributed by atoms with Crippen molar-refractivity contribution in [3.63, 3.8) is 0 Å². The van der Waals surface area contributed by atoms with Crippen molar-refractivity contribution < 1.29 is 16.8 Å². The van der Waals surface area contributed by atoms with Gasteiger partial charge >= 0.3 is 0 Å². The number of hydrogen-bond acceptors (Lipinski definition) is 6. The summed E-state index contributed by atoms with van der Waals surface area (Å²) >= 11 is 0. The quantitative estimate of drug-likeness (QED) is 0.622. The molecule has 8 heteroatoms. The molecule has 4 atom stereocenters. The van der Waals surface area contributed by atoms with Crippen LogP contribution in [0, 0.1) is 11.8 Å². The summed E-state index contributed by atoms with van der Waals surface area (Å²) in [6.07, 6.45) is 2.19. The van der Waals surface area contributed by atoms with E-state index in [4.69, 9.17) is 11.5 Å². The molecular formula is C10H24N2O4S2. The van der Waals surface area contributed by atoms with Gasteiger partial charge in [-0.1, -0.05) is 6.92 Å². The lowest BCUT2D eigenvalue weighted by Crippen LogP contribution is -2.48. The van der Waals surface area contributed by atoms with Gasteiger partial charge < -0.3 is 11.5 Å². The molecule has 0 aromatic heterocycles. The lowest BCUT2D eigenvalue weighted by atomic mass is 9.92. The number of nitrogens with two attached hydrogens (primary N) is 2. The Hall–Kier alpha value is -0.180. The fourth-order valence-corrected chi connectivity index (χ4v) is 5.16. The predicted octanol–water partition coefficient (Wildman–Crippen LogP) is -0.998. The molecule has 0 aromatic carbocycles. The van der Waals surface area contributed by atoms with E-state index in [1.807, 2.05) is 0 Å². The van der Waals surface area contributed by atoms with Gasteiger partial charge in [-0.05, 0) is 25.9 Å². The summed E-state index contributed by atoms with van der Waals surface area (Å²) in [5.74, 6) is -0.980. The summed E-state index contributed by atoms with van der Waals surface area (Å²) in [7, 11) is -6.76. The van der Waals surface area contributed by atoms with E-state index < -0.39 is 36.1 Å². The fourth-order valence-electron chi connectivity index (χ4n) is 2.21. The Morgan fingerprint density at radius 2 is 1.33 bits per heavy atom. The Morgan fingerprint density at radius 1 is 0.889 bits per heavy atom. The van der Waals surface area contributed by atoms with Gasteiger partial charge in [0.1, 0.15) is 9.84 Å². The zero-order valence-electron chi connectivity index (χ0n) is 11.3. The summed E-state index contributed by atoms with van der Waals surface area (Å²) in [5.41, 5.74) is 11.1. The summed E-state index contributed by atoms with van der Waals surface area (Å²) in [6, 6.07) is 0. The van der Waals surface area contributed by atoms with Crippen LogP contribution in [0.1, 0.15) is 13.8 Å². The van der Waals surface area contributed by atoms with E-state index in [1.54, 1.807) is 6.92 Å². The van der Waals surface area contributed by atoms with Crippen molar-refractivity contribution in [2.75, 3.05) is 25.6 Å². The molecular weight excluding hydrogens is 276 g/mol. The predicted molar refractivity (Wildman–Crippen MR) is 73.7 cm³/mol. The number of sulfone groups is 2. The van der Waals surface area contributed by atoms with E-state index in [1.165, 1.54) is 6.92 Å². The van der Waals surface area contributed by atoms with Crippen molar-refractivity contribution in [2.24, 2.45) is 23.3 Å². The molecule has 0 heterocycles. The SMILES string of the molecule is CC(CN)C(C(CN)C(C)S(C)(=O)=O)S(C)(=O)=O. The van der Waals surface area contributed by atoms with Crippen LogP contribution in [0.3, 0.4) is 0 Å². The summed E-state index contributed by atoms with van der Waals surface area (Å²) < 4.78 is 46.9. The second-order valence-electron chi connectivity index (χ2n) is 4.94. The Bertz CT molecular complexity index is 458. The van der Waals surface area contributed by atoms with Crippen molar-refractivity contribution in [1.82, 2.24) is 0 Å². The van der Waals surface area contributed by atoms with Crippen LogP contribution in [-0.2, 0) is 19.7 Å². The van der Waals surface area contributed by atoms with Crippen LogP contribution in [0.5, 0.6) is 0 Å². The van der Waals surface area contributed by atoms with Gasteiger partial charge in [0.25, 0.3) is 0 Å². The zero-order valence-corrected chi connectivity index (χ0v) is 13.0. The maximum Gasteiger partial charge on any atom is 0.150 e.